The summed E-state index contributed by atoms with van der Waals surface area (Å²) in [5.74, 6) is -3.05. The van der Waals surface area contributed by atoms with Crippen molar-refractivity contribution in [3.05, 3.63) is 59.2 Å². The molecule has 1 N–H and O–H groups in total. The van der Waals surface area contributed by atoms with E-state index in [1.165, 1.54) is 6.07 Å². The second kappa shape index (κ2) is 10.0. The van der Waals surface area contributed by atoms with Crippen molar-refractivity contribution in [3.8, 4) is 5.75 Å². The molecule has 7 nitrogen and oxygen atoms in total. The topological polar surface area (TPSA) is 84.7 Å². The molecular formula is C26H27F4N3O4. The van der Waals surface area contributed by atoms with E-state index in [0.29, 0.717) is 37.0 Å². The van der Waals surface area contributed by atoms with Crippen LogP contribution in [0.2, 0.25) is 0 Å². The van der Waals surface area contributed by atoms with Gasteiger partial charge in [0.1, 0.15) is 5.65 Å². The summed E-state index contributed by atoms with van der Waals surface area (Å²) < 4.78 is 57.7. The maximum absolute atomic E-state index is 13.9. The van der Waals surface area contributed by atoms with Crippen LogP contribution in [-0.2, 0) is 29.1 Å². The number of hydrogen-bond acceptors (Lipinski definition) is 4. The molecule has 3 aromatic rings. The van der Waals surface area contributed by atoms with Gasteiger partial charge in [-0.1, -0.05) is 6.07 Å². The van der Waals surface area contributed by atoms with Crippen LogP contribution in [0.1, 0.15) is 49.9 Å². The molecule has 11 heteroatoms. The molecule has 0 spiro atoms. The number of ether oxygens (including phenoxy) is 1. The second-order valence-corrected chi connectivity index (χ2v) is 9.81. The zero-order chi connectivity index (χ0) is 27.0. The first-order valence-electron chi connectivity index (χ1n) is 11.9. The van der Waals surface area contributed by atoms with Crippen LogP contribution in [0.15, 0.2) is 36.5 Å². The standard InChI is InChI=1S/C26H27F4N3O4/c1-25(2,24(35)36)10-3-6-22(34)32-12-9-17-18-5-4-11-31-23(18)33(20(17)15-32)14-16-7-8-19(27)21(13-16)37-26(28,29)30/h4-5,7-8,11,13H,3,6,9-10,12,14-15H2,1-2H3,(H,35,36). The highest BCUT2D eigenvalue weighted by Gasteiger charge is 2.33. The Hall–Kier alpha value is -3.63. The van der Waals surface area contributed by atoms with Crippen molar-refractivity contribution in [2.45, 2.75) is 59.0 Å². The Morgan fingerprint density at radius 3 is 2.65 bits per heavy atom. The lowest BCUT2D eigenvalue weighted by atomic mass is 9.87. The van der Waals surface area contributed by atoms with Gasteiger partial charge in [0.05, 0.1) is 12.0 Å². The Bertz CT molecular complexity index is 1330. The van der Waals surface area contributed by atoms with E-state index >= 15 is 0 Å². The van der Waals surface area contributed by atoms with E-state index < -0.39 is 29.3 Å². The molecule has 198 valence electrons. The largest absolute Gasteiger partial charge is 0.573 e. The molecule has 1 aliphatic heterocycles. The van der Waals surface area contributed by atoms with E-state index in [1.54, 1.807) is 31.0 Å². The molecule has 3 heterocycles. The Kier molecular flexibility index (Phi) is 7.16. The molecule has 0 saturated carbocycles. The lowest BCUT2D eigenvalue weighted by molar-refractivity contribution is -0.275. The highest BCUT2D eigenvalue weighted by Crippen LogP contribution is 2.33. The first kappa shape index (κ1) is 26.4. The molecule has 0 unspecified atom stereocenters. The molecule has 1 amide bonds. The summed E-state index contributed by atoms with van der Waals surface area (Å²) in [4.78, 5) is 30.4. The van der Waals surface area contributed by atoms with Gasteiger partial charge in [0.15, 0.2) is 11.6 Å². The minimum atomic E-state index is -5.03. The number of benzene rings is 1. The Morgan fingerprint density at radius 1 is 1.19 bits per heavy atom. The fraction of sp³-hybridized carbons (Fsp3) is 0.423. The minimum Gasteiger partial charge on any atom is -0.481 e. The number of rotatable bonds is 8. The summed E-state index contributed by atoms with van der Waals surface area (Å²) in [5, 5.41) is 10.2. The summed E-state index contributed by atoms with van der Waals surface area (Å²) in [6.07, 6.45) is -1.83. The van der Waals surface area contributed by atoms with Gasteiger partial charge in [-0.05, 0) is 68.5 Å². The number of halogens is 4. The van der Waals surface area contributed by atoms with Crippen molar-refractivity contribution in [3.63, 3.8) is 0 Å². The Labute approximate surface area is 210 Å². The summed E-state index contributed by atoms with van der Waals surface area (Å²) >= 11 is 0. The maximum atomic E-state index is 13.9. The van der Waals surface area contributed by atoms with Crippen molar-refractivity contribution in [2.24, 2.45) is 5.41 Å². The smallest absolute Gasteiger partial charge is 0.481 e. The van der Waals surface area contributed by atoms with Crippen molar-refractivity contribution in [1.82, 2.24) is 14.5 Å². The average molecular weight is 522 g/mol. The van der Waals surface area contributed by atoms with Gasteiger partial charge in [-0.3, -0.25) is 9.59 Å². The molecule has 0 saturated heterocycles. The normalized spacial score (nSPS) is 14.1. The highest BCUT2D eigenvalue weighted by atomic mass is 19.4. The number of aromatic nitrogens is 2. The SMILES string of the molecule is CC(C)(CCCC(=O)N1CCc2c(n(Cc3ccc(F)c(OC(F)(F)F)c3)c3ncccc23)C1)C(=O)O. The predicted molar refractivity (Wildman–Crippen MR) is 126 cm³/mol. The molecule has 37 heavy (non-hydrogen) atoms. The maximum Gasteiger partial charge on any atom is 0.573 e. The monoisotopic (exact) mass is 521 g/mol. The zero-order valence-electron chi connectivity index (χ0n) is 20.4. The Balaban J connectivity index is 1.58. The minimum absolute atomic E-state index is 0.0979. The molecule has 1 aromatic carbocycles. The molecule has 0 radical (unpaired) electrons. The number of aliphatic carboxylic acids is 1. The van der Waals surface area contributed by atoms with Crippen LogP contribution >= 0.6 is 0 Å². The van der Waals surface area contributed by atoms with E-state index in [1.807, 2.05) is 10.6 Å². The van der Waals surface area contributed by atoms with E-state index in [0.717, 1.165) is 28.8 Å². The van der Waals surface area contributed by atoms with Gasteiger partial charge in [0, 0.05) is 36.8 Å². The van der Waals surface area contributed by atoms with Gasteiger partial charge >= 0.3 is 12.3 Å². The molecule has 2 aromatic heterocycles. The number of alkyl halides is 3. The van der Waals surface area contributed by atoms with Crippen LogP contribution in [0.25, 0.3) is 11.0 Å². The zero-order valence-corrected chi connectivity index (χ0v) is 20.4. The number of pyridine rings is 1. The van der Waals surface area contributed by atoms with Crippen LogP contribution in [0.3, 0.4) is 0 Å². The molecule has 4 rings (SSSR count). The molecule has 0 aliphatic carbocycles. The van der Waals surface area contributed by atoms with Gasteiger partial charge in [0.2, 0.25) is 5.91 Å². The van der Waals surface area contributed by atoms with Gasteiger partial charge < -0.3 is 19.3 Å². The quantitative estimate of drug-likeness (QED) is 0.408. The molecule has 0 atom stereocenters. The van der Waals surface area contributed by atoms with Crippen LogP contribution < -0.4 is 4.74 Å². The van der Waals surface area contributed by atoms with Gasteiger partial charge in [-0.2, -0.15) is 0 Å². The number of fused-ring (bicyclic) bond motifs is 3. The fourth-order valence-corrected chi connectivity index (χ4v) is 4.62. The van der Waals surface area contributed by atoms with Crippen LogP contribution in [-0.4, -0.2) is 44.3 Å². The predicted octanol–water partition coefficient (Wildman–Crippen LogP) is 5.29. The third kappa shape index (κ3) is 5.86. The summed E-state index contributed by atoms with van der Waals surface area (Å²) in [6, 6.07) is 7.03. The van der Waals surface area contributed by atoms with Crippen molar-refractivity contribution in [1.29, 1.82) is 0 Å². The number of carboxylic acids is 1. The number of amides is 1. The summed E-state index contributed by atoms with van der Waals surface area (Å²) in [6.45, 7) is 4.12. The van der Waals surface area contributed by atoms with Gasteiger partial charge in [-0.15, -0.1) is 13.2 Å². The third-order valence-corrected chi connectivity index (χ3v) is 6.70. The number of carboxylic acid groups (broad SMARTS) is 1. The first-order chi connectivity index (χ1) is 17.4. The molecular weight excluding hydrogens is 494 g/mol. The van der Waals surface area contributed by atoms with E-state index in [-0.39, 0.29) is 25.4 Å². The molecule has 0 bridgehead atoms. The number of carbonyl (C=O) groups excluding carboxylic acids is 1. The third-order valence-electron chi connectivity index (χ3n) is 6.70. The first-order valence-corrected chi connectivity index (χ1v) is 11.9. The van der Waals surface area contributed by atoms with Gasteiger partial charge in [-0.25, -0.2) is 9.37 Å². The van der Waals surface area contributed by atoms with E-state index in [2.05, 4.69) is 9.72 Å². The van der Waals surface area contributed by atoms with Gasteiger partial charge in [0.25, 0.3) is 0 Å². The summed E-state index contributed by atoms with van der Waals surface area (Å²) in [7, 11) is 0. The van der Waals surface area contributed by atoms with Crippen molar-refractivity contribution in [2.75, 3.05) is 6.54 Å². The van der Waals surface area contributed by atoms with Crippen molar-refractivity contribution < 1.29 is 37.0 Å². The fourth-order valence-electron chi connectivity index (χ4n) is 4.62. The van der Waals surface area contributed by atoms with Crippen LogP contribution in [0.4, 0.5) is 17.6 Å². The lowest BCUT2D eigenvalue weighted by Gasteiger charge is -2.29. The summed E-state index contributed by atoms with van der Waals surface area (Å²) in [5.41, 5.74) is 1.89. The van der Waals surface area contributed by atoms with Crippen LogP contribution in [0, 0.1) is 11.2 Å². The van der Waals surface area contributed by atoms with E-state index in [4.69, 9.17) is 0 Å². The highest BCUT2D eigenvalue weighted by molar-refractivity contribution is 5.84. The number of hydrogen-bond donors (Lipinski definition) is 1. The number of nitrogens with zero attached hydrogens (tertiary/aromatic N) is 3. The molecule has 0 fully saturated rings. The van der Waals surface area contributed by atoms with Crippen molar-refractivity contribution >= 4 is 22.9 Å². The molecule has 1 aliphatic rings. The van der Waals surface area contributed by atoms with E-state index in [9.17, 15) is 32.3 Å². The van der Waals surface area contributed by atoms with Crippen LogP contribution in [0.5, 0.6) is 5.75 Å². The average Bonchev–Trinajstić information content (AvgIpc) is 3.13. The number of carbonyl (C=O) groups is 2. The lowest BCUT2D eigenvalue weighted by Crippen LogP contribution is -2.36. The second-order valence-electron chi connectivity index (χ2n) is 9.81. The Morgan fingerprint density at radius 2 is 1.95 bits per heavy atom.